The van der Waals surface area contributed by atoms with Gasteiger partial charge in [-0.25, -0.2) is 0 Å². The predicted octanol–water partition coefficient (Wildman–Crippen LogP) is 5.19. The van der Waals surface area contributed by atoms with Gasteiger partial charge in [0.05, 0.1) is 12.7 Å². The van der Waals surface area contributed by atoms with Crippen molar-refractivity contribution in [1.82, 2.24) is 0 Å². The lowest BCUT2D eigenvalue weighted by Gasteiger charge is -2.08. The van der Waals surface area contributed by atoms with Crippen molar-refractivity contribution in [2.45, 2.75) is 13.8 Å². The van der Waals surface area contributed by atoms with Crippen LogP contribution in [0, 0.1) is 13.8 Å². The molecule has 0 unspecified atom stereocenters. The summed E-state index contributed by atoms with van der Waals surface area (Å²) in [6.07, 6.45) is 1.66. The Morgan fingerprint density at radius 2 is 1.81 bits per heavy atom. The molecule has 0 amide bonds. The molecule has 0 radical (unpaired) electrons. The molecule has 4 rings (SSSR count). The molecule has 0 atom stereocenters. The van der Waals surface area contributed by atoms with E-state index in [9.17, 15) is 9.59 Å². The van der Waals surface area contributed by atoms with Crippen molar-refractivity contribution in [2.75, 3.05) is 13.7 Å². The standard InChI is InChI=1S/C26H22O5/c1-16-8-9-18(12-17(16)2)22(27)15-30-20-10-11-21-24(14-20)31-25(26(21)28)13-19-6-4-5-7-23(19)29-3/h4-14H,15H2,1-3H3. The second-order valence-corrected chi connectivity index (χ2v) is 7.35. The number of Topliss-reactive ketones (excluding diaryl/α,β-unsaturated/α-hetero) is 2. The number of hydrogen-bond donors (Lipinski definition) is 0. The number of hydrogen-bond acceptors (Lipinski definition) is 5. The summed E-state index contributed by atoms with van der Waals surface area (Å²) in [6.45, 7) is 3.87. The Balaban J connectivity index is 1.49. The van der Waals surface area contributed by atoms with Crippen LogP contribution in [0.25, 0.3) is 6.08 Å². The molecule has 3 aromatic rings. The van der Waals surface area contributed by atoms with Crippen LogP contribution in [0.1, 0.15) is 37.4 Å². The normalized spacial score (nSPS) is 13.6. The highest BCUT2D eigenvalue weighted by Gasteiger charge is 2.28. The van der Waals surface area contributed by atoms with Gasteiger partial charge in [-0.05, 0) is 55.3 Å². The Morgan fingerprint density at radius 3 is 2.58 bits per heavy atom. The van der Waals surface area contributed by atoms with E-state index in [2.05, 4.69) is 0 Å². The van der Waals surface area contributed by atoms with Crippen LogP contribution in [0.15, 0.2) is 66.4 Å². The van der Waals surface area contributed by atoms with E-state index >= 15 is 0 Å². The molecule has 156 valence electrons. The molecular formula is C26H22O5. The molecule has 0 bridgehead atoms. The molecule has 3 aromatic carbocycles. The lowest BCUT2D eigenvalue weighted by Crippen LogP contribution is -2.12. The number of ether oxygens (including phenoxy) is 3. The van der Waals surface area contributed by atoms with Crippen molar-refractivity contribution >= 4 is 17.6 Å². The molecule has 0 aliphatic carbocycles. The molecule has 0 aromatic heterocycles. The predicted molar refractivity (Wildman–Crippen MR) is 118 cm³/mol. The number of ketones is 2. The number of para-hydroxylation sites is 1. The highest BCUT2D eigenvalue weighted by atomic mass is 16.5. The van der Waals surface area contributed by atoms with Crippen LogP contribution in [0.4, 0.5) is 0 Å². The van der Waals surface area contributed by atoms with Crippen molar-refractivity contribution in [3.05, 3.63) is 94.2 Å². The molecule has 1 heterocycles. The average molecular weight is 414 g/mol. The number of fused-ring (bicyclic) bond motifs is 1. The zero-order chi connectivity index (χ0) is 22.0. The van der Waals surface area contributed by atoms with Crippen LogP contribution in [-0.4, -0.2) is 25.3 Å². The summed E-state index contributed by atoms with van der Waals surface area (Å²) < 4.78 is 16.8. The molecule has 1 aliphatic rings. The van der Waals surface area contributed by atoms with E-state index in [1.54, 1.807) is 37.5 Å². The van der Waals surface area contributed by atoms with Gasteiger partial charge in [-0.1, -0.05) is 30.3 Å². The highest BCUT2D eigenvalue weighted by Crippen LogP contribution is 2.35. The Morgan fingerprint density at radius 1 is 1.00 bits per heavy atom. The van der Waals surface area contributed by atoms with E-state index in [4.69, 9.17) is 14.2 Å². The Hall–Kier alpha value is -3.86. The van der Waals surface area contributed by atoms with Gasteiger partial charge in [-0.2, -0.15) is 0 Å². The van der Waals surface area contributed by atoms with E-state index in [0.29, 0.717) is 28.4 Å². The topological polar surface area (TPSA) is 61.8 Å². The van der Waals surface area contributed by atoms with E-state index in [1.807, 2.05) is 50.2 Å². The zero-order valence-electron chi connectivity index (χ0n) is 17.6. The van der Waals surface area contributed by atoms with Crippen molar-refractivity contribution in [3.63, 3.8) is 0 Å². The van der Waals surface area contributed by atoms with Crippen LogP contribution in [-0.2, 0) is 0 Å². The first-order chi connectivity index (χ1) is 15.0. The summed E-state index contributed by atoms with van der Waals surface area (Å²) in [4.78, 5) is 25.1. The Labute approximate surface area is 180 Å². The average Bonchev–Trinajstić information content (AvgIpc) is 3.09. The molecule has 5 heteroatoms. The Kier molecular flexibility index (Phi) is 5.58. The van der Waals surface area contributed by atoms with Gasteiger partial charge in [-0.3, -0.25) is 9.59 Å². The third-order valence-electron chi connectivity index (χ3n) is 5.27. The third kappa shape index (κ3) is 4.21. The van der Waals surface area contributed by atoms with Crippen LogP contribution in [0.2, 0.25) is 0 Å². The minimum absolute atomic E-state index is 0.0981. The molecule has 0 saturated heterocycles. The number of carbonyl (C=O) groups is 2. The number of rotatable bonds is 6. The summed E-state index contributed by atoms with van der Waals surface area (Å²) in [5.74, 6) is 1.40. The Bertz CT molecular complexity index is 1210. The first kappa shape index (κ1) is 20.4. The van der Waals surface area contributed by atoms with Gasteiger partial charge in [0.25, 0.3) is 0 Å². The minimum Gasteiger partial charge on any atom is -0.496 e. The van der Waals surface area contributed by atoms with Gasteiger partial charge in [0.2, 0.25) is 5.78 Å². The fourth-order valence-electron chi connectivity index (χ4n) is 3.33. The molecule has 0 fully saturated rings. The zero-order valence-corrected chi connectivity index (χ0v) is 17.6. The van der Waals surface area contributed by atoms with E-state index in [0.717, 1.165) is 16.7 Å². The van der Waals surface area contributed by atoms with Crippen molar-refractivity contribution in [1.29, 1.82) is 0 Å². The van der Waals surface area contributed by atoms with Crippen LogP contribution >= 0.6 is 0 Å². The molecule has 0 spiro atoms. The van der Waals surface area contributed by atoms with Crippen LogP contribution < -0.4 is 14.2 Å². The maximum atomic E-state index is 12.7. The first-order valence-corrected chi connectivity index (χ1v) is 9.91. The summed E-state index contributed by atoms with van der Waals surface area (Å²) in [7, 11) is 1.58. The second-order valence-electron chi connectivity index (χ2n) is 7.35. The van der Waals surface area contributed by atoms with E-state index < -0.39 is 0 Å². The largest absolute Gasteiger partial charge is 0.496 e. The minimum atomic E-state index is -0.210. The van der Waals surface area contributed by atoms with E-state index in [1.165, 1.54) is 0 Å². The lowest BCUT2D eigenvalue weighted by atomic mass is 10.0. The summed E-state index contributed by atoms with van der Waals surface area (Å²) in [5, 5.41) is 0. The number of carbonyl (C=O) groups excluding carboxylic acids is 2. The second kappa shape index (κ2) is 8.48. The van der Waals surface area contributed by atoms with Gasteiger partial charge in [0.15, 0.2) is 18.1 Å². The van der Waals surface area contributed by atoms with Crippen molar-refractivity contribution < 1.29 is 23.8 Å². The number of benzene rings is 3. The van der Waals surface area contributed by atoms with Gasteiger partial charge in [-0.15, -0.1) is 0 Å². The summed E-state index contributed by atoms with van der Waals surface area (Å²) in [6, 6.07) is 17.9. The van der Waals surface area contributed by atoms with Crippen LogP contribution in [0.5, 0.6) is 17.2 Å². The molecular weight excluding hydrogens is 392 g/mol. The lowest BCUT2D eigenvalue weighted by molar-refractivity contribution is 0.0920. The molecule has 0 saturated carbocycles. The fourth-order valence-corrected chi connectivity index (χ4v) is 3.33. The maximum Gasteiger partial charge on any atom is 0.231 e. The molecule has 0 N–H and O–H groups in total. The van der Waals surface area contributed by atoms with Crippen LogP contribution in [0.3, 0.4) is 0 Å². The molecule has 31 heavy (non-hydrogen) atoms. The van der Waals surface area contributed by atoms with Crippen molar-refractivity contribution in [3.8, 4) is 17.2 Å². The third-order valence-corrected chi connectivity index (χ3v) is 5.27. The summed E-state index contributed by atoms with van der Waals surface area (Å²) >= 11 is 0. The fraction of sp³-hybridized carbons (Fsp3) is 0.154. The van der Waals surface area contributed by atoms with Gasteiger partial charge < -0.3 is 14.2 Å². The first-order valence-electron chi connectivity index (χ1n) is 9.91. The monoisotopic (exact) mass is 414 g/mol. The number of methoxy groups -OCH3 is 1. The quantitative estimate of drug-likeness (QED) is 0.410. The molecule has 1 aliphatic heterocycles. The van der Waals surface area contributed by atoms with E-state index in [-0.39, 0.29) is 23.9 Å². The van der Waals surface area contributed by atoms with Gasteiger partial charge in [0, 0.05) is 17.2 Å². The smallest absolute Gasteiger partial charge is 0.231 e. The van der Waals surface area contributed by atoms with Gasteiger partial charge >= 0.3 is 0 Å². The number of aryl methyl sites for hydroxylation is 2. The maximum absolute atomic E-state index is 12.7. The SMILES string of the molecule is COc1ccccc1C=C1Oc2cc(OCC(=O)c3ccc(C)c(C)c3)ccc2C1=O. The summed E-state index contributed by atoms with van der Waals surface area (Å²) in [5.41, 5.74) is 4.00. The van der Waals surface area contributed by atoms with Crippen molar-refractivity contribution in [2.24, 2.45) is 0 Å². The van der Waals surface area contributed by atoms with Gasteiger partial charge in [0.1, 0.15) is 17.2 Å². The number of allylic oxidation sites excluding steroid dienone is 1. The highest BCUT2D eigenvalue weighted by molar-refractivity contribution is 6.14. The molecule has 5 nitrogen and oxygen atoms in total.